The quantitative estimate of drug-likeness (QED) is 0.826. The molecule has 4 heteroatoms. The fourth-order valence-electron chi connectivity index (χ4n) is 1.44. The zero-order valence-electron chi connectivity index (χ0n) is 9.77. The third-order valence-corrected chi connectivity index (χ3v) is 2.31. The largest absolute Gasteiger partial charge is 0.486 e. The standard InChI is InChI=1S/C12H18N2O2/c1-8(2)15-12-10(7-13)14-6-5-11(12)16-9-3-4-9/h5-6,8-9H,3-4,7,13H2,1-2H3. The number of rotatable bonds is 5. The molecule has 1 fully saturated rings. The van der Waals surface area contributed by atoms with Gasteiger partial charge in [-0.1, -0.05) is 0 Å². The van der Waals surface area contributed by atoms with E-state index in [1.54, 1.807) is 6.20 Å². The SMILES string of the molecule is CC(C)Oc1c(OC2CC2)ccnc1CN. The summed E-state index contributed by atoms with van der Waals surface area (Å²) in [6.45, 7) is 4.33. The molecule has 1 aromatic rings. The number of nitrogens with two attached hydrogens (primary N) is 1. The van der Waals surface area contributed by atoms with Crippen molar-refractivity contribution in [1.82, 2.24) is 4.98 Å². The fourth-order valence-corrected chi connectivity index (χ4v) is 1.44. The van der Waals surface area contributed by atoms with Crippen LogP contribution in [0.5, 0.6) is 11.5 Å². The second-order valence-electron chi connectivity index (χ2n) is 4.27. The molecule has 0 saturated heterocycles. The average Bonchev–Trinajstić information content (AvgIpc) is 3.04. The first-order valence-electron chi connectivity index (χ1n) is 5.72. The maximum absolute atomic E-state index is 5.78. The van der Waals surface area contributed by atoms with E-state index in [0.717, 1.165) is 24.3 Å². The summed E-state index contributed by atoms with van der Waals surface area (Å²) in [5, 5.41) is 0. The lowest BCUT2D eigenvalue weighted by atomic mass is 10.3. The molecule has 2 rings (SSSR count). The summed E-state index contributed by atoms with van der Waals surface area (Å²) < 4.78 is 11.5. The topological polar surface area (TPSA) is 57.4 Å². The van der Waals surface area contributed by atoms with Crippen LogP contribution in [-0.2, 0) is 6.54 Å². The first-order chi connectivity index (χ1) is 7.70. The first kappa shape index (κ1) is 11.2. The van der Waals surface area contributed by atoms with Gasteiger partial charge in [0.1, 0.15) is 0 Å². The van der Waals surface area contributed by atoms with Crippen molar-refractivity contribution in [3.8, 4) is 11.5 Å². The van der Waals surface area contributed by atoms with E-state index in [1.165, 1.54) is 0 Å². The molecule has 1 saturated carbocycles. The normalized spacial score (nSPS) is 15.2. The second kappa shape index (κ2) is 4.70. The number of pyridine rings is 1. The molecule has 0 bridgehead atoms. The summed E-state index contributed by atoms with van der Waals surface area (Å²) in [4.78, 5) is 4.21. The fraction of sp³-hybridized carbons (Fsp3) is 0.583. The maximum Gasteiger partial charge on any atom is 0.184 e. The van der Waals surface area contributed by atoms with Crippen molar-refractivity contribution in [3.05, 3.63) is 18.0 Å². The van der Waals surface area contributed by atoms with Gasteiger partial charge in [-0.15, -0.1) is 0 Å². The summed E-state index contributed by atoms with van der Waals surface area (Å²) in [5.41, 5.74) is 6.40. The van der Waals surface area contributed by atoms with Crippen LogP contribution < -0.4 is 15.2 Å². The molecule has 0 spiro atoms. The molecule has 0 amide bonds. The van der Waals surface area contributed by atoms with Crippen molar-refractivity contribution >= 4 is 0 Å². The Morgan fingerprint density at radius 2 is 2.25 bits per heavy atom. The molecule has 1 aromatic heterocycles. The number of hydrogen-bond donors (Lipinski definition) is 1. The van der Waals surface area contributed by atoms with Crippen LogP contribution in [0.3, 0.4) is 0 Å². The van der Waals surface area contributed by atoms with Crippen molar-refractivity contribution in [3.63, 3.8) is 0 Å². The van der Waals surface area contributed by atoms with Gasteiger partial charge in [0.05, 0.1) is 17.9 Å². The van der Waals surface area contributed by atoms with Crippen LogP contribution in [0.15, 0.2) is 12.3 Å². The summed E-state index contributed by atoms with van der Waals surface area (Å²) in [5.74, 6) is 1.47. The van der Waals surface area contributed by atoms with Crippen molar-refractivity contribution in [1.29, 1.82) is 0 Å². The number of nitrogens with zero attached hydrogens (tertiary/aromatic N) is 1. The molecule has 0 atom stereocenters. The molecule has 0 aromatic carbocycles. The highest BCUT2D eigenvalue weighted by Gasteiger charge is 2.26. The van der Waals surface area contributed by atoms with Crippen LogP contribution in [0.25, 0.3) is 0 Å². The van der Waals surface area contributed by atoms with E-state index in [2.05, 4.69) is 4.98 Å². The summed E-state index contributed by atoms with van der Waals surface area (Å²) in [7, 11) is 0. The van der Waals surface area contributed by atoms with Gasteiger partial charge in [0.2, 0.25) is 0 Å². The molecule has 1 heterocycles. The van der Waals surface area contributed by atoms with E-state index in [-0.39, 0.29) is 6.10 Å². The van der Waals surface area contributed by atoms with Gasteiger partial charge in [0.15, 0.2) is 11.5 Å². The van der Waals surface area contributed by atoms with Crippen LogP contribution in [0.4, 0.5) is 0 Å². The van der Waals surface area contributed by atoms with Crippen LogP contribution in [-0.4, -0.2) is 17.2 Å². The van der Waals surface area contributed by atoms with Gasteiger partial charge in [-0.05, 0) is 26.7 Å². The number of aromatic nitrogens is 1. The highest BCUT2D eigenvalue weighted by molar-refractivity contribution is 5.43. The molecule has 4 nitrogen and oxygen atoms in total. The minimum Gasteiger partial charge on any atom is -0.486 e. The van der Waals surface area contributed by atoms with Gasteiger partial charge in [-0.3, -0.25) is 4.98 Å². The van der Waals surface area contributed by atoms with Crippen LogP contribution in [0.1, 0.15) is 32.4 Å². The molecule has 1 aliphatic carbocycles. The molecule has 2 N–H and O–H groups in total. The molecule has 0 aliphatic heterocycles. The highest BCUT2D eigenvalue weighted by Crippen LogP contribution is 2.35. The van der Waals surface area contributed by atoms with Gasteiger partial charge in [-0.2, -0.15) is 0 Å². The molecule has 88 valence electrons. The summed E-state index contributed by atoms with van der Waals surface area (Å²) in [6, 6.07) is 1.84. The Hall–Kier alpha value is -1.29. The third-order valence-electron chi connectivity index (χ3n) is 2.31. The minimum atomic E-state index is 0.0936. The number of hydrogen-bond acceptors (Lipinski definition) is 4. The van der Waals surface area contributed by atoms with E-state index >= 15 is 0 Å². The van der Waals surface area contributed by atoms with E-state index in [1.807, 2.05) is 19.9 Å². The lowest BCUT2D eigenvalue weighted by molar-refractivity contribution is 0.214. The Bertz CT molecular complexity index is 362. The lowest BCUT2D eigenvalue weighted by Crippen LogP contribution is -2.12. The summed E-state index contributed by atoms with van der Waals surface area (Å²) >= 11 is 0. The van der Waals surface area contributed by atoms with Crippen LogP contribution in [0, 0.1) is 0 Å². The Morgan fingerprint density at radius 1 is 1.50 bits per heavy atom. The van der Waals surface area contributed by atoms with Crippen LogP contribution in [0.2, 0.25) is 0 Å². The average molecular weight is 222 g/mol. The van der Waals surface area contributed by atoms with Gasteiger partial charge in [0, 0.05) is 18.8 Å². The zero-order chi connectivity index (χ0) is 11.5. The maximum atomic E-state index is 5.78. The molecule has 0 radical (unpaired) electrons. The van der Waals surface area contributed by atoms with E-state index in [4.69, 9.17) is 15.2 Å². The highest BCUT2D eigenvalue weighted by atomic mass is 16.5. The number of ether oxygens (including phenoxy) is 2. The second-order valence-corrected chi connectivity index (χ2v) is 4.27. The molecular weight excluding hydrogens is 204 g/mol. The molecular formula is C12H18N2O2. The van der Waals surface area contributed by atoms with E-state index in [9.17, 15) is 0 Å². The first-order valence-corrected chi connectivity index (χ1v) is 5.72. The predicted molar refractivity (Wildman–Crippen MR) is 61.5 cm³/mol. The molecule has 16 heavy (non-hydrogen) atoms. The Labute approximate surface area is 95.8 Å². The lowest BCUT2D eigenvalue weighted by Gasteiger charge is -2.16. The van der Waals surface area contributed by atoms with Crippen molar-refractivity contribution in [2.24, 2.45) is 5.73 Å². The summed E-state index contributed by atoms with van der Waals surface area (Å²) in [6.07, 6.45) is 4.41. The van der Waals surface area contributed by atoms with E-state index in [0.29, 0.717) is 18.4 Å². The predicted octanol–water partition coefficient (Wildman–Crippen LogP) is 1.87. The monoisotopic (exact) mass is 222 g/mol. The van der Waals surface area contributed by atoms with Crippen molar-refractivity contribution in [2.75, 3.05) is 0 Å². The van der Waals surface area contributed by atoms with Gasteiger partial charge >= 0.3 is 0 Å². The minimum absolute atomic E-state index is 0.0936. The van der Waals surface area contributed by atoms with Crippen LogP contribution >= 0.6 is 0 Å². The Balaban J connectivity index is 2.25. The van der Waals surface area contributed by atoms with Gasteiger partial charge in [0.25, 0.3) is 0 Å². The smallest absolute Gasteiger partial charge is 0.184 e. The Kier molecular flexibility index (Phi) is 3.29. The Morgan fingerprint density at radius 3 is 2.81 bits per heavy atom. The zero-order valence-corrected chi connectivity index (χ0v) is 9.77. The van der Waals surface area contributed by atoms with Gasteiger partial charge in [-0.25, -0.2) is 0 Å². The van der Waals surface area contributed by atoms with Crippen molar-refractivity contribution < 1.29 is 9.47 Å². The van der Waals surface area contributed by atoms with Crippen molar-refractivity contribution in [2.45, 2.75) is 45.4 Å². The van der Waals surface area contributed by atoms with E-state index < -0.39 is 0 Å². The molecule has 1 aliphatic rings. The molecule has 0 unspecified atom stereocenters. The third kappa shape index (κ3) is 2.64. The van der Waals surface area contributed by atoms with Gasteiger partial charge < -0.3 is 15.2 Å².